The topological polar surface area (TPSA) is 50.4 Å². The molecule has 1 amide bonds. The van der Waals surface area contributed by atoms with E-state index in [-0.39, 0.29) is 18.3 Å². The number of nitrogens with one attached hydrogen (secondary N) is 2. The first kappa shape index (κ1) is 17.8. The van der Waals surface area contributed by atoms with E-state index >= 15 is 0 Å². The lowest BCUT2D eigenvalue weighted by atomic mass is 9.94. The lowest BCUT2D eigenvalue weighted by Gasteiger charge is -2.22. The first-order valence-electron chi connectivity index (χ1n) is 7.52. The van der Waals surface area contributed by atoms with Crippen molar-refractivity contribution in [3.8, 4) is 5.75 Å². The normalized spacial score (nSPS) is 15.1. The Hall–Kier alpha value is -1.26. The molecular weight excluding hydrogens is 288 g/mol. The maximum Gasteiger partial charge on any atom is 0.224 e. The summed E-state index contributed by atoms with van der Waals surface area (Å²) in [5, 5.41) is 6.30. The number of rotatable bonds is 6. The Morgan fingerprint density at radius 3 is 2.76 bits per heavy atom. The zero-order valence-corrected chi connectivity index (χ0v) is 13.4. The van der Waals surface area contributed by atoms with Crippen molar-refractivity contribution in [2.24, 2.45) is 5.92 Å². The molecule has 2 rings (SSSR count). The number of hydrogen-bond acceptors (Lipinski definition) is 3. The molecule has 0 unspecified atom stereocenters. The largest absolute Gasteiger partial charge is 0.491 e. The molecule has 118 valence electrons. The Morgan fingerprint density at radius 2 is 2.05 bits per heavy atom. The maximum atomic E-state index is 12.1. The van der Waals surface area contributed by atoms with Crippen LogP contribution in [0.15, 0.2) is 24.3 Å². The Kier molecular flexibility index (Phi) is 8.16. The van der Waals surface area contributed by atoms with E-state index in [1.807, 2.05) is 24.3 Å². The number of carbonyl (C=O) groups is 1. The monoisotopic (exact) mass is 312 g/mol. The van der Waals surface area contributed by atoms with Gasteiger partial charge in [-0.05, 0) is 50.4 Å². The van der Waals surface area contributed by atoms with Crippen LogP contribution in [-0.4, -0.2) is 25.6 Å². The molecule has 21 heavy (non-hydrogen) atoms. The molecular formula is C16H25ClN2O2. The summed E-state index contributed by atoms with van der Waals surface area (Å²) < 4.78 is 5.65. The van der Waals surface area contributed by atoms with E-state index in [2.05, 4.69) is 17.6 Å². The molecule has 0 radical (unpaired) electrons. The number of benzene rings is 1. The molecule has 2 N–H and O–H groups in total. The van der Waals surface area contributed by atoms with Crippen LogP contribution in [0.5, 0.6) is 5.75 Å². The van der Waals surface area contributed by atoms with Gasteiger partial charge in [0, 0.05) is 6.42 Å². The average molecular weight is 313 g/mol. The minimum absolute atomic E-state index is 0. The third kappa shape index (κ3) is 5.94. The fourth-order valence-electron chi connectivity index (χ4n) is 2.46. The zero-order valence-electron chi connectivity index (χ0n) is 12.6. The van der Waals surface area contributed by atoms with Crippen LogP contribution in [0.4, 0.5) is 5.69 Å². The Morgan fingerprint density at radius 1 is 1.33 bits per heavy atom. The summed E-state index contributed by atoms with van der Waals surface area (Å²) >= 11 is 0. The summed E-state index contributed by atoms with van der Waals surface area (Å²) in [5.74, 6) is 1.34. The number of amides is 1. The van der Waals surface area contributed by atoms with Gasteiger partial charge in [-0.15, -0.1) is 12.4 Å². The quantitative estimate of drug-likeness (QED) is 0.848. The van der Waals surface area contributed by atoms with E-state index in [1.54, 1.807) is 0 Å². The predicted molar refractivity (Wildman–Crippen MR) is 88.3 cm³/mol. The van der Waals surface area contributed by atoms with E-state index in [0.717, 1.165) is 43.8 Å². The van der Waals surface area contributed by atoms with Gasteiger partial charge in [0.15, 0.2) is 0 Å². The van der Waals surface area contributed by atoms with Gasteiger partial charge in [-0.2, -0.15) is 0 Å². The molecule has 1 aromatic carbocycles. The van der Waals surface area contributed by atoms with Crippen LogP contribution in [0, 0.1) is 5.92 Å². The number of hydrogen-bond donors (Lipinski definition) is 2. The van der Waals surface area contributed by atoms with Crippen LogP contribution in [0.1, 0.15) is 32.6 Å². The molecule has 1 fully saturated rings. The summed E-state index contributed by atoms with van der Waals surface area (Å²) in [4.78, 5) is 12.1. The van der Waals surface area contributed by atoms with Gasteiger partial charge in [0.1, 0.15) is 5.75 Å². The molecule has 0 spiro atoms. The number of para-hydroxylation sites is 2. The second-order valence-electron chi connectivity index (χ2n) is 5.29. The fourth-order valence-corrected chi connectivity index (χ4v) is 2.46. The SMILES string of the molecule is CCCOc1ccccc1NC(=O)CC1CCNCC1.Cl. The van der Waals surface area contributed by atoms with Crippen LogP contribution in [-0.2, 0) is 4.79 Å². The van der Waals surface area contributed by atoms with Crippen LogP contribution in [0.2, 0.25) is 0 Å². The first-order chi connectivity index (χ1) is 9.79. The Labute approximate surface area is 133 Å². The van der Waals surface area contributed by atoms with Crippen LogP contribution >= 0.6 is 12.4 Å². The van der Waals surface area contributed by atoms with Crippen LogP contribution < -0.4 is 15.4 Å². The van der Waals surface area contributed by atoms with E-state index in [9.17, 15) is 4.79 Å². The number of ether oxygens (including phenoxy) is 1. The standard InChI is InChI=1S/C16H24N2O2.ClH/c1-2-11-20-15-6-4-3-5-14(15)18-16(19)12-13-7-9-17-10-8-13;/h3-6,13,17H,2,7-12H2,1H3,(H,18,19);1H. The summed E-state index contributed by atoms with van der Waals surface area (Å²) in [6, 6.07) is 7.63. The molecule has 0 bridgehead atoms. The van der Waals surface area contributed by atoms with Gasteiger partial charge < -0.3 is 15.4 Å². The summed E-state index contributed by atoms with van der Waals surface area (Å²) in [5.41, 5.74) is 0.778. The molecule has 1 saturated heterocycles. The highest BCUT2D eigenvalue weighted by Crippen LogP contribution is 2.25. The molecule has 1 aliphatic rings. The molecule has 0 saturated carbocycles. The van der Waals surface area contributed by atoms with Crippen molar-refractivity contribution in [1.29, 1.82) is 0 Å². The van der Waals surface area contributed by atoms with Gasteiger partial charge >= 0.3 is 0 Å². The fraction of sp³-hybridized carbons (Fsp3) is 0.562. The number of piperidine rings is 1. The smallest absolute Gasteiger partial charge is 0.224 e. The molecule has 4 nitrogen and oxygen atoms in total. The summed E-state index contributed by atoms with van der Waals surface area (Å²) in [6.45, 7) is 4.78. The van der Waals surface area contributed by atoms with Crippen molar-refractivity contribution < 1.29 is 9.53 Å². The molecule has 1 aliphatic heterocycles. The molecule has 0 aliphatic carbocycles. The molecule has 5 heteroatoms. The van der Waals surface area contributed by atoms with Gasteiger partial charge in [0.2, 0.25) is 5.91 Å². The number of halogens is 1. The number of anilines is 1. The number of carbonyl (C=O) groups excluding carboxylic acids is 1. The second kappa shape index (κ2) is 9.64. The highest BCUT2D eigenvalue weighted by Gasteiger charge is 2.17. The van der Waals surface area contributed by atoms with Gasteiger partial charge in [0.05, 0.1) is 12.3 Å². The second-order valence-corrected chi connectivity index (χ2v) is 5.29. The Balaban J connectivity index is 0.00000220. The van der Waals surface area contributed by atoms with Crippen LogP contribution in [0.3, 0.4) is 0 Å². The third-order valence-electron chi connectivity index (χ3n) is 3.56. The van der Waals surface area contributed by atoms with Gasteiger partial charge in [-0.3, -0.25) is 4.79 Å². The minimum Gasteiger partial charge on any atom is -0.491 e. The van der Waals surface area contributed by atoms with Gasteiger partial charge in [-0.25, -0.2) is 0 Å². The van der Waals surface area contributed by atoms with Gasteiger partial charge in [0.25, 0.3) is 0 Å². The van der Waals surface area contributed by atoms with E-state index in [0.29, 0.717) is 18.9 Å². The minimum atomic E-state index is 0. The predicted octanol–water partition coefficient (Wildman–Crippen LogP) is 3.23. The lowest BCUT2D eigenvalue weighted by molar-refractivity contribution is -0.117. The zero-order chi connectivity index (χ0) is 14.2. The average Bonchev–Trinajstić information content (AvgIpc) is 2.47. The summed E-state index contributed by atoms with van der Waals surface area (Å²) in [6.07, 6.45) is 3.73. The highest BCUT2D eigenvalue weighted by atomic mass is 35.5. The summed E-state index contributed by atoms with van der Waals surface area (Å²) in [7, 11) is 0. The van der Waals surface area contributed by atoms with Gasteiger partial charge in [-0.1, -0.05) is 19.1 Å². The lowest BCUT2D eigenvalue weighted by Crippen LogP contribution is -2.30. The molecule has 0 atom stereocenters. The van der Waals surface area contributed by atoms with E-state index < -0.39 is 0 Å². The van der Waals surface area contributed by atoms with Crippen molar-refractivity contribution in [1.82, 2.24) is 5.32 Å². The van der Waals surface area contributed by atoms with E-state index in [1.165, 1.54) is 0 Å². The van der Waals surface area contributed by atoms with Crippen molar-refractivity contribution in [3.05, 3.63) is 24.3 Å². The van der Waals surface area contributed by atoms with Crippen molar-refractivity contribution in [2.75, 3.05) is 25.0 Å². The Bertz CT molecular complexity index is 434. The molecule has 0 aromatic heterocycles. The third-order valence-corrected chi connectivity index (χ3v) is 3.56. The maximum absolute atomic E-state index is 12.1. The molecule has 1 aromatic rings. The highest BCUT2D eigenvalue weighted by molar-refractivity contribution is 5.92. The van der Waals surface area contributed by atoms with Crippen molar-refractivity contribution >= 4 is 24.0 Å². The van der Waals surface area contributed by atoms with E-state index in [4.69, 9.17) is 4.74 Å². The van der Waals surface area contributed by atoms with Crippen molar-refractivity contribution in [3.63, 3.8) is 0 Å². The van der Waals surface area contributed by atoms with Crippen molar-refractivity contribution in [2.45, 2.75) is 32.6 Å². The molecule has 1 heterocycles. The van der Waals surface area contributed by atoms with Crippen LogP contribution in [0.25, 0.3) is 0 Å². The first-order valence-corrected chi connectivity index (χ1v) is 7.52.